The van der Waals surface area contributed by atoms with Crippen molar-refractivity contribution < 1.29 is 18.7 Å². The number of esters is 1. The number of hydrogen-bond acceptors (Lipinski definition) is 5. The van der Waals surface area contributed by atoms with Crippen molar-refractivity contribution in [1.82, 2.24) is 5.32 Å². The van der Waals surface area contributed by atoms with Gasteiger partial charge in [0.15, 0.2) is 5.78 Å². The number of ether oxygens (including phenoxy) is 1. The quantitative estimate of drug-likeness (QED) is 0.620. The lowest BCUT2D eigenvalue weighted by Crippen LogP contribution is -2.35. The molecule has 0 saturated heterocycles. The molecule has 0 bridgehead atoms. The van der Waals surface area contributed by atoms with Gasteiger partial charge in [0.05, 0.1) is 17.2 Å². The Morgan fingerprint density at radius 1 is 1.31 bits per heavy atom. The fraction of sp³-hybridized carbons (Fsp3) is 0.273. The number of dihydropyridines is 1. The van der Waals surface area contributed by atoms with Gasteiger partial charge in [0, 0.05) is 40.1 Å². The van der Waals surface area contributed by atoms with Gasteiger partial charge in [0.25, 0.3) is 0 Å². The lowest BCUT2D eigenvalue weighted by Gasteiger charge is -2.36. The molecule has 1 N–H and O–H groups in total. The third-order valence-corrected chi connectivity index (χ3v) is 7.10. The van der Waals surface area contributed by atoms with Crippen LogP contribution < -0.4 is 5.32 Å². The van der Waals surface area contributed by atoms with Gasteiger partial charge < -0.3 is 10.1 Å². The Kier molecular flexibility index (Phi) is 5.44. The SMILES string of the molecule is COC(=O)C1=C(C)NC2=C(C(=O)C[C@H](c3cccs3)C2)[C@H]1c1ccc(F)c(Br)c1. The number of halogens is 2. The van der Waals surface area contributed by atoms with Crippen LogP contribution in [0.3, 0.4) is 0 Å². The molecule has 1 aliphatic heterocycles. The molecule has 0 fully saturated rings. The Bertz CT molecular complexity index is 1060. The van der Waals surface area contributed by atoms with E-state index in [9.17, 15) is 14.0 Å². The second-order valence-electron chi connectivity index (χ2n) is 7.20. The Hall–Kier alpha value is -2.25. The first-order valence-corrected chi connectivity index (χ1v) is 10.9. The molecule has 4 rings (SSSR count). The highest BCUT2D eigenvalue weighted by Gasteiger charge is 2.41. The molecule has 7 heteroatoms. The van der Waals surface area contributed by atoms with E-state index >= 15 is 0 Å². The Balaban J connectivity index is 1.84. The summed E-state index contributed by atoms with van der Waals surface area (Å²) in [5.74, 6) is -1.38. The summed E-state index contributed by atoms with van der Waals surface area (Å²) in [5.41, 5.74) is 3.11. The van der Waals surface area contributed by atoms with Crippen LogP contribution in [-0.4, -0.2) is 18.9 Å². The number of hydrogen-bond donors (Lipinski definition) is 1. The number of benzene rings is 1. The largest absolute Gasteiger partial charge is 0.466 e. The average molecular weight is 476 g/mol. The average Bonchev–Trinajstić information content (AvgIpc) is 3.23. The number of ketones is 1. The standard InChI is InChI=1S/C22H19BrFNO3S/c1-11-19(22(27)28-2)20(12-5-6-15(24)14(23)8-12)21-16(25-11)9-13(10-17(21)26)18-4-3-7-29-18/h3-8,13,20,25H,9-10H2,1-2H3/t13-,20+/m1/s1. The third-order valence-electron chi connectivity index (χ3n) is 5.46. The van der Waals surface area contributed by atoms with Crippen LogP contribution in [0.1, 0.15) is 42.0 Å². The van der Waals surface area contributed by atoms with Crippen LogP contribution in [0.4, 0.5) is 4.39 Å². The van der Waals surface area contributed by atoms with Crippen LogP contribution in [0.5, 0.6) is 0 Å². The van der Waals surface area contributed by atoms with E-state index in [1.165, 1.54) is 18.1 Å². The molecule has 0 saturated carbocycles. The number of thiophene rings is 1. The van der Waals surface area contributed by atoms with Crippen molar-refractivity contribution in [2.45, 2.75) is 31.6 Å². The summed E-state index contributed by atoms with van der Waals surface area (Å²) < 4.78 is 19.1. The maximum Gasteiger partial charge on any atom is 0.336 e. The van der Waals surface area contributed by atoms with Crippen molar-refractivity contribution in [3.8, 4) is 0 Å². The second kappa shape index (κ2) is 7.88. The first-order chi connectivity index (χ1) is 13.9. The second-order valence-corrected chi connectivity index (χ2v) is 9.03. The zero-order chi connectivity index (χ0) is 20.7. The molecule has 1 aromatic carbocycles. The van der Waals surface area contributed by atoms with Crippen molar-refractivity contribution in [1.29, 1.82) is 0 Å². The molecule has 0 unspecified atom stereocenters. The van der Waals surface area contributed by atoms with E-state index in [4.69, 9.17) is 4.74 Å². The summed E-state index contributed by atoms with van der Waals surface area (Å²) in [6, 6.07) is 8.63. The van der Waals surface area contributed by atoms with E-state index in [1.54, 1.807) is 30.4 Å². The molecule has 29 heavy (non-hydrogen) atoms. The highest BCUT2D eigenvalue weighted by Crippen LogP contribution is 2.46. The van der Waals surface area contributed by atoms with Gasteiger partial charge in [0.2, 0.25) is 0 Å². The van der Waals surface area contributed by atoms with E-state index < -0.39 is 17.7 Å². The van der Waals surface area contributed by atoms with Crippen molar-refractivity contribution >= 4 is 39.0 Å². The number of methoxy groups -OCH3 is 1. The van der Waals surface area contributed by atoms with E-state index in [1.807, 2.05) is 17.5 Å². The zero-order valence-electron chi connectivity index (χ0n) is 15.9. The monoisotopic (exact) mass is 475 g/mol. The number of nitrogens with one attached hydrogen (secondary N) is 1. The fourth-order valence-electron chi connectivity index (χ4n) is 4.17. The van der Waals surface area contributed by atoms with E-state index in [-0.39, 0.29) is 16.2 Å². The first kappa shape index (κ1) is 20.0. The molecular formula is C22H19BrFNO3S. The summed E-state index contributed by atoms with van der Waals surface area (Å²) in [4.78, 5) is 27.1. The van der Waals surface area contributed by atoms with Gasteiger partial charge in [0.1, 0.15) is 5.82 Å². The van der Waals surface area contributed by atoms with Gasteiger partial charge in [-0.25, -0.2) is 9.18 Å². The lowest BCUT2D eigenvalue weighted by atomic mass is 9.72. The minimum absolute atomic E-state index is 0.00324. The van der Waals surface area contributed by atoms with Crippen molar-refractivity contribution in [3.63, 3.8) is 0 Å². The topological polar surface area (TPSA) is 55.4 Å². The molecule has 1 aliphatic carbocycles. The van der Waals surface area contributed by atoms with Gasteiger partial charge in [-0.2, -0.15) is 0 Å². The summed E-state index contributed by atoms with van der Waals surface area (Å²) >= 11 is 4.86. The Morgan fingerprint density at radius 2 is 2.10 bits per heavy atom. The lowest BCUT2D eigenvalue weighted by molar-refractivity contribution is -0.136. The van der Waals surface area contributed by atoms with Crippen LogP contribution >= 0.6 is 27.3 Å². The van der Waals surface area contributed by atoms with Gasteiger partial charge >= 0.3 is 5.97 Å². The van der Waals surface area contributed by atoms with Crippen LogP contribution in [0.25, 0.3) is 0 Å². The summed E-state index contributed by atoms with van der Waals surface area (Å²) in [6.07, 6.45) is 1.07. The highest BCUT2D eigenvalue weighted by molar-refractivity contribution is 9.10. The Morgan fingerprint density at radius 3 is 2.76 bits per heavy atom. The smallest absolute Gasteiger partial charge is 0.336 e. The number of carbonyl (C=O) groups excluding carboxylic acids is 2. The first-order valence-electron chi connectivity index (χ1n) is 9.21. The highest BCUT2D eigenvalue weighted by atomic mass is 79.9. The van der Waals surface area contributed by atoms with Crippen molar-refractivity contribution in [2.75, 3.05) is 7.11 Å². The molecular weight excluding hydrogens is 457 g/mol. The van der Waals surface area contributed by atoms with E-state index in [0.717, 1.165) is 5.70 Å². The molecule has 2 heterocycles. The number of carbonyl (C=O) groups is 2. The predicted octanol–water partition coefficient (Wildman–Crippen LogP) is 5.18. The number of Topliss-reactive ketones (excluding diaryl/α,β-unsaturated/α-hetero) is 1. The summed E-state index contributed by atoms with van der Waals surface area (Å²) in [7, 11) is 1.32. The van der Waals surface area contributed by atoms with Crippen molar-refractivity contribution in [2.24, 2.45) is 0 Å². The Labute approximate surface area is 180 Å². The zero-order valence-corrected chi connectivity index (χ0v) is 18.3. The molecule has 2 aromatic rings. The van der Waals surface area contributed by atoms with Gasteiger partial charge in [-0.1, -0.05) is 12.1 Å². The summed E-state index contributed by atoms with van der Waals surface area (Å²) in [5, 5.41) is 5.30. The van der Waals surface area contributed by atoms with Gasteiger partial charge in [-0.3, -0.25) is 4.79 Å². The van der Waals surface area contributed by atoms with E-state index in [2.05, 4.69) is 21.2 Å². The van der Waals surface area contributed by atoms with Gasteiger partial charge in [-0.05, 0) is 58.4 Å². The molecule has 2 aliphatic rings. The maximum atomic E-state index is 13.8. The van der Waals surface area contributed by atoms with Crippen LogP contribution in [0.2, 0.25) is 0 Å². The molecule has 4 nitrogen and oxygen atoms in total. The minimum atomic E-state index is -0.590. The number of allylic oxidation sites excluding steroid dienone is 3. The van der Waals surface area contributed by atoms with Crippen molar-refractivity contribution in [3.05, 3.63) is 79.0 Å². The fourth-order valence-corrected chi connectivity index (χ4v) is 5.40. The molecule has 0 spiro atoms. The molecule has 150 valence electrons. The molecule has 0 amide bonds. The molecule has 0 radical (unpaired) electrons. The molecule has 2 atom stereocenters. The van der Waals surface area contributed by atoms with Crippen LogP contribution in [0, 0.1) is 5.82 Å². The predicted molar refractivity (Wildman–Crippen MR) is 113 cm³/mol. The minimum Gasteiger partial charge on any atom is -0.466 e. The third kappa shape index (κ3) is 3.57. The summed E-state index contributed by atoms with van der Waals surface area (Å²) in [6.45, 7) is 1.81. The normalized spacial score (nSPS) is 21.7. The van der Waals surface area contributed by atoms with Crippen LogP contribution in [0.15, 0.2) is 62.7 Å². The van der Waals surface area contributed by atoms with E-state index in [0.29, 0.717) is 35.2 Å². The maximum absolute atomic E-state index is 13.8. The number of rotatable bonds is 3. The van der Waals surface area contributed by atoms with Crippen LogP contribution in [-0.2, 0) is 14.3 Å². The molecule has 1 aromatic heterocycles. The van der Waals surface area contributed by atoms with Gasteiger partial charge in [-0.15, -0.1) is 11.3 Å².